The summed E-state index contributed by atoms with van der Waals surface area (Å²) in [5.74, 6) is -0.853. The molecule has 7 nitrogen and oxygen atoms in total. The molecule has 0 radical (unpaired) electrons. The molecule has 168 valence electrons. The van der Waals surface area contributed by atoms with Gasteiger partial charge in [-0.05, 0) is 61.7 Å². The topological polar surface area (TPSA) is 86.8 Å². The molecule has 1 atom stereocenters. The van der Waals surface area contributed by atoms with Gasteiger partial charge in [-0.2, -0.15) is 0 Å². The Kier molecular flexibility index (Phi) is 8.08. The minimum Gasteiger partial charge on any atom is -0.357 e. The maximum absolute atomic E-state index is 13.3. The minimum absolute atomic E-state index is 0.110. The summed E-state index contributed by atoms with van der Waals surface area (Å²) >= 11 is 6.06. The molecule has 0 unspecified atom stereocenters. The first kappa shape index (κ1) is 24.7. The summed E-state index contributed by atoms with van der Waals surface area (Å²) < 4.78 is 26.1. The van der Waals surface area contributed by atoms with Gasteiger partial charge in [0, 0.05) is 18.6 Å². The first-order valence-corrected chi connectivity index (χ1v) is 12.0. The fourth-order valence-electron chi connectivity index (χ4n) is 3.33. The average molecular weight is 466 g/mol. The Balaban J connectivity index is 2.42. The summed E-state index contributed by atoms with van der Waals surface area (Å²) in [6, 6.07) is 11.5. The first-order chi connectivity index (χ1) is 14.4. The molecule has 0 saturated heterocycles. The van der Waals surface area contributed by atoms with Crippen LogP contribution in [0.3, 0.4) is 0 Å². The van der Waals surface area contributed by atoms with E-state index in [1.807, 2.05) is 19.9 Å². The predicted molar refractivity (Wildman–Crippen MR) is 124 cm³/mol. The number of halogens is 1. The maximum atomic E-state index is 13.3. The SMILES string of the molecule is CNC(=O)[C@@H](C)N(Cc1cccc(Cl)c1)C(=O)CN(c1cc(C)cc(C)c1)S(C)(=O)=O. The van der Waals surface area contributed by atoms with Crippen molar-refractivity contribution in [1.82, 2.24) is 10.2 Å². The molecule has 0 saturated carbocycles. The van der Waals surface area contributed by atoms with E-state index in [-0.39, 0.29) is 12.5 Å². The van der Waals surface area contributed by atoms with E-state index in [0.29, 0.717) is 10.7 Å². The Morgan fingerprint density at radius 2 is 1.71 bits per heavy atom. The third-order valence-electron chi connectivity index (χ3n) is 4.83. The van der Waals surface area contributed by atoms with Crippen LogP contribution in [0.15, 0.2) is 42.5 Å². The number of rotatable bonds is 8. The zero-order valence-corrected chi connectivity index (χ0v) is 19.9. The summed E-state index contributed by atoms with van der Waals surface area (Å²) in [7, 11) is -2.26. The molecule has 0 aliphatic heterocycles. The largest absolute Gasteiger partial charge is 0.357 e. The Morgan fingerprint density at radius 1 is 1.10 bits per heavy atom. The minimum atomic E-state index is -3.75. The Labute approximate surface area is 189 Å². The summed E-state index contributed by atoms with van der Waals surface area (Å²) in [6.45, 7) is 5.00. The maximum Gasteiger partial charge on any atom is 0.244 e. The van der Waals surface area contributed by atoms with Gasteiger partial charge in [0.25, 0.3) is 0 Å². The van der Waals surface area contributed by atoms with Crippen LogP contribution in [0.4, 0.5) is 5.69 Å². The predicted octanol–water partition coefficient (Wildman–Crippen LogP) is 2.89. The molecule has 0 aliphatic carbocycles. The van der Waals surface area contributed by atoms with Crippen molar-refractivity contribution in [2.45, 2.75) is 33.4 Å². The highest BCUT2D eigenvalue weighted by atomic mass is 35.5. The van der Waals surface area contributed by atoms with Gasteiger partial charge in [0.15, 0.2) is 0 Å². The quantitative estimate of drug-likeness (QED) is 0.649. The second-order valence-electron chi connectivity index (χ2n) is 7.56. The molecule has 0 bridgehead atoms. The molecular weight excluding hydrogens is 438 g/mol. The summed E-state index contributed by atoms with van der Waals surface area (Å²) in [5.41, 5.74) is 2.90. The van der Waals surface area contributed by atoms with Crippen LogP contribution in [-0.2, 0) is 26.2 Å². The Morgan fingerprint density at radius 3 is 2.23 bits per heavy atom. The Bertz CT molecular complexity index is 1050. The van der Waals surface area contributed by atoms with Gasteiger partial charge >= 0.3 is 0 Å². The number of anilines is 1. The molecule has 0 heterocycles. The van der Waals surface area contributed by atoms with Gasteiger partial charge in [0.1, 0.15) is 12.6 Å². The lowest BCUT2D eigenvalue weighted by Gasteiger charge is -2.31. The molecule has 2 rings (SSSR count). The number of nitrogens with one attached hydrogen (secondary N) is 1. The molecular formula is C22H28ClN3O4S. The monoisotopic (exact) mass is 465 g/mol. The molecule has 2 amide bonds. The van der Waals surface area contributed by atoms with E-state index in [9.17, 15) is 18.0 Å². The van der Waals surface area contributed by atoms with Crippen LogP contribution in [0.2, 0.25) is 5.02 Å². The number of likely N-dealkylation sites (N-methyl/N-ethyl adjacent to an activating group) is 1. The number of hydrogen-bond donors (Lipinski definition) is 1. The van der Waals surface area contributed by atoms with Crippen molar-refractivity contribution in [3.63, 3.8) is 0 Å². The van der Waals surface area contributed by atoms with E-state index < -0.39 is 28.5 Å². The lowest BCUT2D eigenvalue weighted by atomic mass is 10.1. The normalized spacial score (nSPS) is 12.2. The van der Waals surface area contributed by atoms with Crippen LogP contribution >= 0.6 is 11.6 Å². The van der Waals surface area contributed by atoms with Crippen LogP contribution in [-0.4, -0.2) is 51.0 Å². The number of carbonyl (C=O) groups is 2. The molecule has 2 aromatic rings. The highest BCUT2D eigenvalue weighted by Crippen LogP contribution is 2.22. The average Bonchev–Trinajstić information content (AvgIpc) is 2.67. The molecule has 0 aromatic heterocycles. The third-order valence-corrected chi connectivity index (χ3v) is 6.20. The molecule has 0 aliphatic rings. The lowest BCUT2D eigenvalue weighted by molar-refractivity contribution is -0.139. The van der Waals surface area contributed by atoms with Crippen LogP contribution in [0.1, 0.15) is 23.6 Å². The van der Waals surface area contributed by atoms with Crippen molar-refractivity contribution in [2.75, 3.05) is 24.2 Å². The summed E-state index contributed by atoms with van der Waals surface area (Å²) in [4.78, 5) is 26.9. The second kappa shape index (κ2) is 10.2. The molecule has 1 N–H and O–H groups in total. The number of benzene rings is 2. The van der Waals surface area contributed by atoms with Crippen LogP contribution in [0.5, 0.6) is 0 Å². The lowest BCUT2D eigenvalue weighted by Crippen LogP contribution is -2.50. The van der Waals surface area contributed by atoms with E-state index in [4.69, 9.17) is 11.6 Å². The van der Waals surface area contributed by atoms with Crippen LogP contribution in [0.25, 0.3) is 0 Å². The zero-order chi connectivity index (χ0) is 23.3. The Hall–Kier alpha value is -2.58. The van der Waals surface area contributed by atoms with Crippen LogP contribution in [0, 0.1) is 13.8 Å². The molecule has 0 fully saturated rings. The van der Waals surface area contributed by atoms with Gasteiger partial charge in [-0.15, -0.1) is 0 Å². The fourth-order valence-corrected chi connectivity index (χ4v) is 4.38. The van der Waals surface area contributed by atoms with E-state index in [1.54, 1.807) is 43.3 Å². The number of hydrogen-bond acceptors (Lipinski definition) is 4. The van der Waals surface area contributed by atoms with Crippen molar-refractivity contribution < 1.29 is 18.0 Å². The standard InChI is InChI=1S/C22H28ClN3O4S/c1-15-9-16(2)11-20(10-15)26(31(5,29)30)14-21(27)25(17(3)22(28)24-4)13-18-7-6-8-19(23)12-18/h6-12,17H,13-14H2,1-5H3,(H,24,28)/t17-/m1/s1. The second-order valence-corrected chi connectivity index (χ2v) is 9.90. The summed E-state index contributed by atoms with van der Waals surface area (Å²) in [6.07, 6.45) is 1.06. The molecule has 0 spiro atoms. The number of aryl methyl sites for hydroxylation is 2. The van der Waals surface area contributed by atoms with Gasteiger partial charge < -0.3 is 10.2 Å². The van der Waals surface area contributed by atoms with E-state index in [0.717, 1.165) is 27.3 Å². The van der Waals surface area contributed by atoms with Crippen molar-refractivity contribution in [3.8, 4) is 0 Å². The van der Waals surface area contributed by atoms with E-state index in [1.165, 1.54) is 11.9 Å². The smallest absolute Gasteiger partial charge is 0.244 e. The highest BCUT2D eigenvalue weighted by Gasteiger charge is 2.29. The summed E-state index contributed by atoms with van der Waals surface area (Å²) in [5, 5.41) is 3.04. The van der Waals surface area contributed by atoms with Gasteiger partial charge in [-0.25, -0.2) is 8.42 Å². The first-order valence-electron chi connectivity index (χ1n) is 9.74. The zero-order valence-electron chi connectivity index (χ0n) is 18.3. The van der Waals surface area contributed by atoms with Gasteiger partial charge in [-0.1, -0.05) is 29.8 Å². The van der Waals surface area contributed by atoms with Gasteiger partial charge in [-0.3, -0.25) is 13.9 Å². The van der Waals surface area contributed by atoms with Crippen molar-refractivity contribution in [3.05, 3.63) is 64.2 Å². The van der Waals surface area contributed by atoms with E-state index in [2.05, 4.69) is 5.32 Å². The fraction of sp³-hybridized carbons (Fsp3) is 0.364. The number of sulfonamides is 1. The molecule has 9 heteroatoms. The van der Waals surface area contributed by atoms with Crippen LogP contribution < -0.4 is 9.62 Å². The highest BCUT2D eigenvalue weighted by molar-refractivity contribution is 7.92. The van der Waals surface area contributed by atoms with Gasteiger partial charge in [0.2, 0.25) is 21.8 Å². The van der Waals surface area contributed by atoms with Crippen molar-refractivity contribution in [2.24, 2.45) is 0 Å². The number of carbonyl (C=O) groups excluding carboxylic acids is 2. The van der Waals surface area contributed by atoms with Crippen molar-refractivity contribution in [1.29, 1.82) is 0 Å². The van der Waals surface area contributed by atoms with Gasteiger partial charge in [0.05, 0.1) is 11.9 Å². The number of amides is 2. The number of nitrogens with zero attached hydrogens (tertiary/aromatic N) is 2. The van der Waals surface area contributed by atoms with E-state index >= 15 is 0 Å². The molecule has 31 heavy (non-hydrogen) atoms. The molecule has 2 aromatic carbocycles. The van der Waals surface area contributed by atoms with Crippen molar-refractivity contribution >= 4 is 39.1 Å². The third kappa shape index (κ3) is 6.70.